The van der Waals surface area contributed by atoms with E-state index in [4.69, 9.17) is 10.2 Å². The molecule has 0 aromatic carbocycles. The number of unbranched alkanes of at least 4 members (excludes halogenated alkanes) is 1. The summed E-state index contributed by atoms with van der Waals surface area (Å²) in [5.41, 5.74) is -0.0414. The fourth-order valence-electron chi connectivity index (χ4n) is 1.19. The average Bonchev–Trinajstić information content (AvgIpc) is 2.72. The maximum Gasteiger partial charge on any atom is 0.358 e. The standard InChI is InChI=1S/C9H16N4O3/c14-6-2-1-3-10-4-5-13-7-8(9(15)16)11-12-13/h7,10,14H,1-6H2,(H,15,16). The molecule has 1 aromatic heterocycles. The minimum absolute atomic E-state index is 0.0414. The van der Waals surface area contributed by atoms with Crippen LogP contribution in [0.4, 0.5) is 0 Å². The number of hydrogen-bond acceptors (Lipinski definition) is 5. The van der Waals surface area contributed by atoms with Crippen molar-refractivity contribution in [1.29, 1.82) is 0 Å². The van der Waals surface area contributed by atoms with E-state index in [0.717, 1.165) is 19.4 Å². The molecule has 1 rings (SSSR count). The second kappa shape index (κ2) is 6.91. The fourth-order valence-corrected chi connectivity index (χ4v) is 1.19. The largest absolute Gasteiger partial charge is 0.476 e. The molecule has 0 saturated carbocycles. The topological polar surface area (TPSA) is 100 Å². The zero-order chi connectivity index (χ0) is 11.8. The van der Waals surface area contributed by atoms with Gasteiger partial charge in [-0.15, -0.1) is 5.10 Å². The summed E-state index contributed by atoms with van der Waals surface area (Å²) in [5, 5.41) is 27.5. The summed E-state index contributed by atoms with van der Waals surface area (Å²) in [5.74, 6) is -1.07. The Balaban J connectivity index is 2.14. The van der Waals surface area contributed by atoms with E-state index < -0.39 is 5.97 Å². The Hall–Kier alpha value is -1.47. The summed E-state index contributed by atoms with van der Waals surface area (Å²) < 4.78 is 1.49. The number of nitrogens with zero attached hydrogens (tertiary/aromatic N) is 3. The summed E-state index contributed by atoms with van der Waals surface area (Å²) in [7, 11) is 0. The van der Waals surface area contributed by atoms with Crippen molar-refractivity contribution in [2.45, 2.75) is 19.4 Å². The van der Waals surface area contributed by atoms with Crippen molar-refractivity contribution in [3.05, 3.63) is 11.9 Å². The van der Waals surface area contributed by atoms with Crippen LogP contribution in [0, 0.1) is 0 Å². The number of carbonyl (C=O) groups is 1. The molecule has 90 valence electrons. The minimum Gasteiger partial charge on any atom is -0.476 e. The van der Waals surface area contributed by atoms with Crippen molar-refractivity contribution in [3.8, 4) is 0 Å². The van der Waals surface area contributed by atoms with Crippen molar-refractivity contribution in [3.63, 3.8) is 0 Å². The summed E-state index contributed by atoms with van der Waals surface area (Å²) in [6.45, 7) is 2.33. The monoisotopic (exact) mass is 228 g/mol. The van der Waals surface area contributed by atoms with Crippen LogP contribution in [0.3, 0.4) is 0 Å². The van der Waals surface area contributed by atoms with Crippen LogP contribution < -0.4 is 5.32 Å². The maximum absolute atomic E-state index is 10.5. The zero-order valence-corrected chi connectivity index (χ0v) is 8.96. The highest BCUT2D eigenvalue weighted by Crippen LogP contribution is 1.92. The van der Waals surface area contributed by atoms with Crippen LogP contribution >= 0.6 is 0 Å². The van der Waals surface area contributed by atoms with Gasteiger partial charge in [-0.2, -0.15) is 0 Å². The Bertz CT molecular complexity index is 326. The Kier molecular flexibility index (Phi) is 5.44. The molecule has 0 atom stereocenters. The molecule has 0 aliphatic rings. The van der Waals surface area contributed by atoms with E-state index in [1.807, 2.05) is 0 Å². The quantitative estimate of drug-likeness (QED) is 0.511. The first-order valence-electron chi connectivity index (χ1n) is 5.19. The SMILES string of the molecule is O=C(O)c1cn(CCNCCCCO)nn1. The van der Waals surface area contributed by atoms with E-state index >= 15 is 0 Å². The van der Waals surface area contributed by atoms with E-state index in [1.54, 1.807) is 0 Å². The molecule has 0 fully saturated rings. The van der Waals surface area contributed by atoms with E-state index in [9.17, 15) is 4.79 Å². The molecule has 7 heteroatoms. The predicted molar refractivity (Wildman–Crippen MR) is 56.2 cm³/mol. The molecule has 0 aliphatic heterocycles. The van der Waals surface area contributed by atoms with Gasteiger partial charge in [0.2, 0.25) is 0 Å². The Morgan fingerprint density at radius 3 is 2.88 bits per heavy atom. The van der Waals surface area contributed by atoms with Gasteiger partial charge in [-0.1, -0.05) is 5.21 Å². The van der Waals surface area contributed by atoms with Gasteiger partial charge in [0.05, 0.1) is 12.7 Å². The van der Waals surface area contributed by atoms with Gasteiger partial charge < -0.3 is 15.5 Å². The van der Waals surface area contributed by atoms with E-state index in [1.165, 1.54) is 10.9 Å². The summed E-state index contributed by atoms with van der Waals surface area (Å²) in [6.07, 6.45) is 3.12. The molecule has 7 nitrogen and oxygen atoms in total. The number of carboxylic acid groups (broad SMARTS) is 1. The van der Waals surface area contributed by atoms with Gasteiger partial charge in [0, 0.05) is 13.2 Å². The van der Waals surface area contributed by atoms with Crippen LogP contribution in [0.15, 0.2) is 6.20 Å². The van der Waals surface area contributed by atoms with Crippen LogP contribution in [0.1, 0.15) is 23.3 Å². The highest BCUT2D eigenvalue weighted by molar-refractivity contribution is 5.84. The number of hydrogen-bond donors (Lipinski definition) is 3. The number of aromatic nitrogens is 3. The molecule has 0 bridgehead atoms. The second-order valence-corrected chi connectivity index (χ2v) is 3.35. The first-order chi connectivity index (χ1) is 7.74. The maximum atomic E-state index is 10.5. The molecule has 1 aromatic rings. The molecule has 0 spiro atoms. The third-order valence-corrected chi connectivity index (χ3v) is 2.04. The molecule has 0 radical (unpaired) electrons. The second-order valence-electron chi connectivity index (χ2n) is 3.35. The summed E-state index contributed by atoms with van der Waals surface area (Å²) in [6, 6.07) is 0. The van der Waals surface area contributed by atoms with Crippen LogP contribution in [-0.4, -0.2) is 50.9 Å². The van der Waals surface area contributed by atoms with Gasteiger partial charge in [-0.25, -0.2) is 4.79 Å². The van der Waals surface area contributed by atoms with Crippen molar-refractivity contribution in [1.82, 2.24) is 20.3 Å². The normalized spacial score (nSPS) is 10.6. The zero-order valence-electron chi connectivity index (χ0n) is 8.96. The van der Waals surface area contributed by atoms with Crippen molar-refractivity contribution >= 4 is 5.97 Å². The van der Waals surface area contributed by atoms with E-state index in [-0.39, 0.29) is 12.3 Å². The average molecular weight is 228 g/mol. The lowest BCUT2D eigenvalue weighted by Crippen LogP contribution is -2.21. The Morgan fingerprint density at radius 1 is 1.44 bits per heavy atom. The molecule has 3 N–H and O–H groups in total. The lowest BCUT2D eigenvalue weighted by molar-refractivity contribution is 0.0690. The first-order valence-corrected chi connectivity index (χ1v) is 5.19. The van der Waals surface area contributed by atoms with Crippen LogP contribution in [0.5, 0.6) is 0 Å². The third kappa shape index (κ3) is 4.37. The van der Waals surface area contributed by atoms with Gasteiger partial charge in [0.15, 0.2) is 5.69 Å². The summed E-state index contributed by atoms with van der Waals surface area (Å²) in [4.78, 5) is 10.5. The highest BCUT2D eigenvalue weighted by atomic mass is 16.4. The molecule has 16 heavy (non-hydrogen) atoms. The molecule has 0 unspecified atom stereocenters. The van der Waals surface area contributed by atoms with Gasteiger partial charge in [0.1, 0.15) is 0 Å². The predicted octanol–water partition coefficient (Wildman–Crippen LogP) is -0.662. The van der Waals surface area contributed by atoms with E-state index in [2.05, 4.69) is 15.6 Å². The number of nitrogens with one attached hydrogen (secondary N) is 1. The lowest BCUT2D eigenvalue weighted by atomic mass is 10.3. The van der Waals surface area contributed by atoms with Crippen LogP contribution in [0.2, 0.25) is 0 Å². The molecular weight excluding hydrogens is 212 g/mol. The van der Waals surface area contributed by atoms with Crippen molar-refractivity contribution in [2.75, 3.05) is 19.7 Å². The summed E-state index contributed by atoms with van der Waals surface area (Å²) >= 11 is 0. The molecular formula is C9H16N4O3. The van der Waals surface area contributed by atoms with Crippen molar-refractivity contribution in [2.24, 2.45) is 0 Å². The molecule has 0 amide bonds. The number of aliphatic hydroxyl groups excluding tert-OH is 1. The number of carboxylic acids is 1. The lowest BCUT2D eigenvalue weighted by Gasteiger charge is -2.03. The van der Waals surface area contributed by atoms with Gasteiger partial charge >= 0.3 is 5.97 Å². The smallest absolute Gasteiger partial charge is 0.358 e. The molecule has 0 saturated heterocycles. The van der Waals surface area contributed by atoms with Gasteiger partial charge in [-0.05, 0) is 19.4 Å². The Labute approximate surface area is 93.1 Å². The number of rotatable bonds is 8. The first kappa shape index (κ1) is 12.6. The van der Waals surface area contributed by atoms with E-state index in [0.29, 0.717) is 13.1 Å². The number of aromatic carboxylic acids is 1. The molecule has 1 heterocycles. The van der Waals surface area contributed by atoms with Crippen molar-refractivity contribution < 1.29 is 15.0 Å². The number of aliphatic hydroxyl groups is 1. The fraction of sp³-hybridized carbons (Fsp3) is 0.667. The van der Waals surface area contributed by atoms with Gasteiger partial charge in [-0.3, -0.25) is 4.68 Å². The van der Waals surface area contributed by atoms with Crippen LogP contribution in [0.25, 0.3) is 0 Å². The highest BCUT2D eigenvalue weighted by Gasteiger charge is 2.07. The Morgan fingerprint density at radius 2 is 2.25 bits per heavy atom. The van der Waals surface area contributed by atoms with Crippen LogP contribution in [-0.2, 0) is 6.54 Å². The van der Waals surface area contributed by atoms with Gasteiger partial charge in [0.25, 0.3) is 0 Å². The minimum atomic E-state index is -1.07. The third-order valence-electron chi connectivity index (χ3n) is 2.04. The molecule has 0 aliphatic carbocycles.